The van der Waals surface area contributed by atoms with Gasteiger partial charge in [0.15, 0.2) is 0 Å². The molecule has 3 rings (SSSR count). The number of hydrogen-bond acceptors (Lipinski definition) is 5. The van der Waals surface area contributed by atoms with Gasteiger partial charge in [0.2, 0.25) is 11.8 Å². The lowest BCUT2D eigenvalue weighted by molar-refractivity contribution is -0.140. The number of amides is 2. The second-order valence-electron chi connectivity index (χ2n) is 10.4. The summed E-state index contributed by atoms with van der Waals surface area (Å²) in [5, 5.41) is 3.00. The molecule has 0 radical (unpaired) electrons. The van der Waals surface area contributed by atoms with Crippen LogP contribution < -0.4 is 14.4 Å². The Balaban J connectivity index is 2.08. The molecular weight excluding hydrogens is 618 g/mol. The quantitative estimate of drug-likeness (QED) is 0.244. The van der Waals surface area contributed by atoms with Gasteiger partial charge in [0.1, 0.15) is 18.3 Å². The Morgan fingerprint density at radius 3 is 2.21 bits per heavy atom. The average molecular weight is 659 g/mol. The van der Waals surface area contributed by atoms with E-state index >= 15 is 0 Å². The number of nitrogens with zero attached hydrogens (tertiary/aromatic N) is 2. The van der Waals surface area contributed by atoms with Gasteiger partial charge in [-0.25, -0.2) is 8.42 Å². The predicted octanol–water partition coefficient (Wildman–Crippen LogP) is 5.99. The Morgan fingerprint density at radius 1 is 0.952 bits per heavy atom. The summed E-state index contributed by atoms with van der Waals surface area (Å²) >= 11 is 3.37. The number of carbonyl (C=O) groups excluding carboxylic acids is 2. The van der Waals surface area contributed by atoms with Crippen molar-refractivity contribution in [2.45, 2.75) is 71.0 Å². The van der Waals surface area contributed by atoms with Crippen LogP contribution in [0.4, 0.5) is 5.69 Å². The molecule has 1 N–H and O–H groups in total. The number of sulfonamides is 1. The first-order valence-corrected chi connectivity index (χ1v) is 16.2. The fourth-order valence-corrected chi connectivity index (χ4v) is 6.68. The summed E-state index contributed by atoms with van der Waals surface area (Å²) in [6, 6.07) is 18.3. The van der Waals surface area contributed by atoms with Crippen LogP contribution >= 0.6 is 15.9 Å². The van der Waals surface area contributed by atoms with E-state index in [1.807, 2.05) is 58.9 Å². The molecule has 0 fully saturated rings. The van der Waals surface area contributed by atoms with Gasteiger partial charge >= 0.3 is 0 Å². The molecule has 0 saturated heterocycles. The van der Waals surface area contributed by atoms with E-state index in [0.29, 0.717) is 22.3 Å². The topological polar surface area (TPSA) is 96.0 Å². The molecule has 0 aliphatic carbocycles. The molecule has 0 aliphatic heterocycles. The molecule has 3 aromatic rings. The van der Waals surface area contributed by atoms with E-state index in [9.17, 15) is 18.0 Å². The molecule has 0 aromatic heterocycles. The number of nitrogens with one attached hydrogen (secondary N) is 1. The number of benzene rings is 3. The van der Waals surface area contributed by atoms with Gasteiger partial charge < -0.3 is 15.0 Å². The summed E-state index contributed by atoms with van der Waals surface area (Å²) in [4.78, 5) is 29.1. The summed E-state index contributed by atoms with van der Waals surface area (Å²) < 4.78 is 35.0. The average Bonchev–Trinajstić information content (AvgIpc) is 2.96. The van der Waals surface area contributed by atoms with Crippen LogP contribution in [0.15, 0.2) is 76.1 Å². The van der Waals surface area contributed by atoms with Crippen molar-refractivity contribution in [3.63, 3.8) is 0 Å². The van der Waals surface area contributed by atoms with E-state index in [4.69, 9.17) is 4.74 Å². The molecule has 226 valence electrons. The van der Waals surface area contributed by atoms with Crippen molar-refractivity contribution in [1.82, 2.24) is 10.2 Å². The van der Waals surface area contributed by atoms with Gasteiger partial charge in [0, 0.05) is 12.6 Å². The van der Waals surface area contributed by atoms with E-state index in [2.05, 4.69) is 21.2 Å². The lowest BCUT2D eigenvalue weighted by Crippen LogP contribution is -2.53. The fraction of sp³-hybridized carbons (Fsp3) is 0.375. The van der Waals surface area contributed by atoms with Crippen molar-refractivity contribution >= 4 is 43.5 Å². The predicted molar refractivity (Wildman–Crippen MR) is 170 cm³/mol. The molecule has 42 heavy (non-hydrogen) atoms. The number of methoxy groups -OCH3 is 1. The maximum atomic E-state index is 14.2. The molecular formula is C32H40BrN3O5S. The van der Waals surface area contributed by atoms with Gasteiger partial charge in [-0.3, -0.25) is 13.9 Å². The van der Waals surface area contributed by atoms with Crippen LogP contribution in [-0.4, -0.2) is 50.9 Å². The zero-order valence-corrected chi connectivity index (χ0v) is 27.5. The molecule has 3 aromatic carbocycles. The number of aryl methyl sites for hydroxylation is 2. The van der Waals surface area contributed by atoms with Gasteiger partial charge in [-0.05, 0) is 85.4 Å². The van der Waals surface area contributed by atoms with Crippen LogP contribution in [-0.2, 0) is 26.2 Å². The van der Waals surface area contributed by atoms with Gasteiger partial charge in [-0.15, -0.1) is 0 Å². The molecule has 2 atom stereocenters. The maximum absolute atomic E-state index is 14.2. The van der Waals surface area contributed by atoms with E-state index in [1.54, 1.807) is 30.3 Å². The molecule has 2 amide bonds. The minimum absolute atomic E-state index is 0.00432. The first-order chi connectivity index (χ1) is 19.9. The Morgan fingerprint density at radius 2 is 1.64 bits per heavy atom. The molecule has 0 heterocycles. The second-order valence-corrected chi connectivity index (χ2v) is 13.1. The third kappa shape index (κ3) is 8.13. The SMILES string of the molecule is CC[C@@H](C)NC(=O)[C@H](CC)N(Cc1cccc(C)c1)C(=O)CN(c1ccc(C)cc1)S(=O)(=O)c1ccc(OC)c(Br)c1. The Kier molecular flexibility index (Phi) is 11.6. The number of carbonyl (C=O) groups is 2. The Hall–Kier alpha value is -3.37. The zero-order valence-electron chi connectivity index (χ0n) is 25.1. The zero-order chi connectivity index (χ0) is 31.0. The molecule has 0 aliphatic rings. The highest BCUT2D eigenvalue weighted by molar-refractivity contribution is 9.10. The van der Waals surface area contributed by atoms with E-state index in [1.165, 1.54) is 24.1 Å². The van der Waals surface area contributed by atoms with Crippen LogP contribution in [0.3, 0.4) is 0 Å². The number of halogens is 1. The fourth-order valence-electron chi connectivity index (χ4n) is 4.54. The van der Waals surface area contributed by atoms with Crippen LogP contribution in [0.2, 0.25) is 0 Å². The molecule has 0 bridgehead atoms. The monoisotopic (exact) mass is 657 g/mol. The molecule has 10 heteroatoms. The van der Waals surface area contributed by atoms with Crippen LogP contribution in [0.25, 0.3) is 0 Å². The third-order valence-corrected chi connectivity index (χ3v) is 9.52. The lowest BCUT2D eigenvalue weighted by atomic mass is 10.1. The summed E-state index contributed by atoms with van der Waals surface area (Å²) in [6.07, 6.45) is 1.10. The van der Waals surface area contributed by atoms with Gasteiger partial charge in [0.05, 0.1) is 22.2 Å². The Labute approximate surface area is 258 Å². The first-order valence-electron chi connectivity index (χ1n) is 14.0. The van der Waals surface area contributed by atoms with Crippen molar-refractivity contribution < 1.29 is 22.7 Å². The molecule has 0 spiro atoms. The second kappa shape index (κ2) is 14.7. The van der Waals surface area contributed by atoms with Crippen LogP contribution in [0, 0.1) is 13.8 Å². The van der Waals surface area contributed by atoms with Gasteiger partial charge in [-0.2, -0.15) is 0 Å². The lowest BCUT2D eigenvalue weighted by Gasteiger charge is -2.34. The highest BCUT2D eigenvalue weighted by Gasteiger charge is 2.34. The number of anilines is 1. The van der Waals surface area contributed by atoms with Crippen molar-refractivity contribution in [1.29, 1.82) is 0 Å². The third-order valence-electron chi connectivity index (χ3n) is 7.13. The van der Waals surface area contributed by atoms with Gasteiger partial charge in [-0.1, -0.05) is 61.4 Å². The van der Waals surface area contributed by atoms with E-state index in [0.717, 1.165) is 27.4 Å². The molecule has 0 unspecified atom stereocenters. The normalized spacial score (nSPS) is 12.7. The van der Waals surface area contributed by atoms with E-state index in [-0.39, 0.29) is 23.4 Å². The van der Waals surface area contributed by atoms with Crippen molar-refractivity contribution in [3.05, 3.63) is 87.9 Å². The number of rotatable bonds is 13. The van der Waals surface area contributed by atoms with Crippen LogP contribution in [0.5, 0.6) is 5.75 Å². The van der Waals surface area contributed by atoms with E-state index < -0.39 is 28.5 Å². The highest BCUT2D eigenvalue weighted by atomic mass is 79.9. The Bertz CT molecular complexity index is 1490. The van der Waals surface area contributed by atoms with Crippen LogP contribution in [0.1, 0.15) is 50.3 Å². The standard InChI is InChI=1S/C32H40BrN3O5S/c1-7-24(5)34-32(38)29(8-2)35(20-25-11-9-10-23(4)18-25)31(37)21-36(26-14-12-22(3)13-15-26)42(39,40)27-16-17-30(41-6)28(33)19-27/h9-19,24,29H,7-8,20-21H2,1-6H3,(H,34,38)/t24-,29+/m1/s1. The molecule has 0 saturated carbocycles. The minimum atomic E-state index is -4.20. The number of hydrogen-bond donors (Lipinski definition) is 1. The highest BCUT2D eigenvalue weighted by Crippen LogP contribution is 2.31. The number of ether oxygens (including phenoxy) is 1. The summed E-state index contributed by atoms with van der Waals surface area (Å²) in [5.41, 5.74) is 3.16. The first kappa shape index (κ1) is 33.1. The van der Waals surface area contributed by atoms with Crippen molar-refractivity contribution in [2.75, 3.05) is 18.0 Å². The minimum Gasteiger partial charge on any atom is -0.496 e. The van der Waals surface area contributed by atoms with Crippen molar-refractivity contribution in [2.24, 2.45) is 0 Å². The summed E-state index contributed by atoms with van der Waals surface area (Å²) in [5.74, 6) is -0.273. The smallest absolute Gasteiger partial charge is 0.264 e. The molecule has 8 nitrogen and oxygen atoms in total. The maximum Gasteiger partial charge on any atom is 0.264 e. The van der Waals surface area contributed by atoms with Crippen molar-refractivity contribution in [3.8, 4) is 5.75 Å². The van der Waals surface area contributed by atoms with Gasteiger partial charge in [0.25, 0.3) is 10.0 Å². The summed E-state index contributed by atoms with van der Waals surface area (Å²) in [6.45, 7) is 9.26. The summed E-state index contributed by atoms with van der Waals surface area (Å²) in [7, 11) is -2.70. The largest absolute Gasteiger partial charge is 0.496 e.